The molecule has 0 radical (unpaired) electrons. The maximum Gasteiger partial charge on any atom is 0.290 e. The first kappa shape index (κ1) is 22.2. The van der Waals surface area contributed by atoms with Crippen molar-refractivity contribution in [2.45, 2.75) is 76.9 Å². The average Bonchev–Trinajstić information content (AvgIpc) is 3.15. The van der Waals surface area contributed by atoms with Crippen LogP contribution in [0.15, 0.2) is 24.3 Å². The lowest BCUT2D eigenvalue weighted by atomic mass is 9.91. The van der Waals surface area contributed by atoms with Gasteiger partial charge in [0, 0.05) is 12.6 Å². The second kappa shape index (κ2) is 9.63. The third kappa shape index (κ3) is 4.47. The summed E-state index contributed by atoms with van der Waals surface area (Å²) in [6.07, 6.45) is 7.66. The molecule has 0 saturated heterocycles. The average molecular weight is 443 g/mol. The molecule has 2 heterocycles. The summed E-state index contributed by atoms with van der Waals surface area (Å²) < 4.78 is 1.94. The van der Waals surface area contributed by atoms with Gasteiger partial charge in [-0.3, -0.25) is 9.59 Å². The molecular weight excluding hydrogens is 408 g/mol. The summed E-state index contributed by atoms with van der Waals surface area (Å²) in [4.78, 5) is 33.6. The molecule has 1 atom stereocenters. The number of thioether (sulfide) groups is 1. The summed E-state index contributed by atoms with van der Waals surface area (Å²) in [6.45, 7) is 5.13. The van der Waals surface area contributed by atoms with Crippen LogP contribution in [0.25, 0.3) is 11.0 Å². The second-order valence-corrected chi connectivity index (χ2v) is 10.2. The maximum atomic E-state index is 13.6. The Morgan fingerprint density at radius 1 is 1.23 bits per heavy atom. The zero-order valence-corrected chi connectivity index (χ0v) is 19.5. The van der Waals surface area contributed by atoms with Gasteiger partial charge < -0.3 is 14.8 Å². The summed E-state index contributed by atoms with van der Waals surface area (Å²) in [6, 6.07) is 8.02. The van der Waals surface area contributed by atoms with Gasteiger partial charge in [0.1, 0.15) is 5.54 Å². The van der Waals surface area contributed by atoms with Gasteiger partial charge in [-0.1, -0.05) is 38.3 Å². The van der Waals surface area contributed by atoms with E-state index in [1.807, 2.05) is 47.5 Å². The molecule has 1 saturated carbocycles. The summed E-state index contributed by atoms with van der Waals surface area (Å²) in [5.74, 6) is 2.41. The highest BCUT2D eigenvalue weighted by Crippen LogP contribution is 2.31. The van der Waals surface area contributed by atoms with Crippen LogP contribution >= 0.6 is 11.8 Å². The SMILES string of the molecule is CCCSCCCN1C(=O)c2nc3ccccc3n2C[C@@]1(C)C(=O)NC1CCCCC1. The largest absolute Gasteiger partial charge is 0.351 e. The number of nitrogens with zero attached hydrogens (tertiary/aromatic N) is 3. The Balaban J connectivity index is 1.61. The second-order valence-electron chi connectivity index (χ2n) is 9.02. The quantitative estimate of drug-likeness (QED) is 0.621. The van der Waals surface area contributed by atoms with E-state index in [2.05, 4.69) is 17.2 Å². The molecule has 0 bridgehead atoms. The van der Waals surface area contributed by atoms with Crippen molar-refractivity contribution in [3.05, 3.63) is 30.1 Å². The minimum Gasteiger partial charge on any atom is -0.351 e. The summed E-state index contributed by atoms with van der Waals surface area (Å²) in [5.41, 5.74) is 0.808. The molecule has 31 heavy (non-hydrogen) atoms. The highest BCUT2D eigenvalue weighted by Gasteiger charge is 2.48. The van der Waals surface area contributed by atoms with Crippen LogP contribution in [0.3, 0.4) is 0 Å². The van der Waals surface area contributed by atoms with Crippen molar-refractivity contribution in [3.63, 3.8) is 0 Å². The van der Waals surface area contributed by atoms with Gasteiger partial charge in [0.05, 0.1) is 17.6 Å². The normalized spacial score (nSPS) is 22.0. The van der Waals surface area contributed by atoms with Gasteiger partial charge in [-0.25, -0.2) is 4.98 Å². The molecule has 7 heteroatoms. The van der Waals surface area contributed by atoms with Crippen LogP contribution in [0.4, 0.5) is 0 Å². The number of imidazole rings is 1. The Hall–Kier alpha value is -2.02. The number of carbonyl (C=O) groups is 2. The molecule has 1 fully saturated rings. The Morgan fingerprint density at radius 2 is 2.00 bits per heavy atom. The Morgan fingerprint density at radius 3 is 2.77 bits per heavy atom. The maximum absolute atomic E-state index is 13.6. The Kier molecular flexibility index (Phi) is 6.89. The lowest BCUT2D eigenvalue weighted by Crippen LogP contribution is -2.65. The molecular formula is C24H34N4O2S. The first-order chi connectivity index (χ1) is 15.0. The molecule has 168 valence electrons. The Labute approximate surface area is 189 Å². The zero-order chi connectivity index (χ0) is 21.8. The van der Waals surface area contributed by atoms with Gasteiger partial charge in [-0.15, -0.1) is 0 Å². The zero-order valence-electron chi connectivity index (χ0n) is 18.7. The van der Waals surface area contributed by atoms with Crippen LogP contribution in [0.5, 0.6) is 0 Å². The van der Waals surface area contributed by atoms with E-state index in [0.29, 0.717) is 18.9 Å². The van der Waals surface area contributed by atoms with Crippen molar-refractivity contribution >= 4 is 34.6 Å². The van der Waals surface area contributed by atoms with Crippen molar-refractivity contribution in [1.82, 2.24) is 19.8 Å². The lowest BCUT2D eigenvalue weighted by molar-refractivity contribution is -0.133. The number of nitrogens with one attached hydrogen (secondary N) is 1. The van der Waals surface area contributed by atoms with E-state index in [1.54, 1.807) is 4.90 Å². The van der Waals surface area contributed by atoms with Crippen LogP contribution < -0.4 is 5.32 Å². The molecule has 2 amide bonds. The van der Waals surface area contributed by atoms with Crippen molar-refractivity contribution < 1.29 is 9.59 Å². The smallest absolute Gasteiger partial charge is 0.290 e. The molecule has 6 nitrogen and oxygen atoms in total. The van der Waals surface area contributed by atoms with E-state index in [1.165, 1.54) is 6.42 Å². The van der Waals surface area contributed by atoms with Gasteiger partial charge >= 0.3 is 0 Å². The molecule has 1 aromatic heterocycles. The molecule has 0 spiro atoms. The number of hydrogen-bond donors (Lipinski definition) is 1. The lowest BCUT2D eigenvalue weighted by Gasteiger charge is -2.44. The van der Waals surface area contributed by atoms with Crippen molar-refractivity contribution in [2.24, 2.45) is 0 Å². The number of fused-ring (bicyclic) bond motifs is 3. The van der Waals surface area contributed by atoms with Crippen molar-refractivity contribution in [3.8, 4) is 0 Å². The molecule has 1 aromatic carbocycles. The molecule has 2 aromatic rings. The molecule has 1 aliphatic heterocycles. The first-order valence-corrected chi connectivity index (χ1v) is 12.9. The predicted molar refractivity (Wildman–Crippen MR) is 126 cm³/mol. The Bertz CT molecular complexity index is 937. The number of amides is 2. The number of carbonyl (C=O) groups excluding carboxylic acids is 2. The summed E-state index contributed by atoms with van der Waals surface area (Å²) in [5, 5.41) is 3.29. The molecule has 1 aliphatic carbocycles. The predicted octanol–water partition coefficient (Wildman–Crippen LogP) is 4.23. The molecule has 0 unspecified atom stereocenters. The van der Waals surface area contributed by atoms with E-state index >= 15 is 0 Å². The van der Waals surface area contributed by atoms with Gasteiger partial charge in [0.25, 0.3) is 5.91 Å². The van der Waals surface area contributed by atoms with Crippen LogP contribution in [0.2, 0.25) is 0 Å². The highest BCUT2D eigenvalue weighted by molar-refractivity contribution is 7.99. The minimum atomic E-state index is -0.916. The first-order valence-electron chi connectivity index (χ1n) is 11.7. The highest BCUT2D eigenvalue weighted by atomic mass is 32.2. The van der Waals surface area contributed by atoms with Crippen LogP contribution in [0, 0.1) is 0 Å². The fraction of sp³-hybridized carbons (Fsp3) is 0.625. The monoisotopic (exact) mass is 442 g/mol. The third-order valence-electron chi connectivity index (χ3n) is 6.60. The topological polar surface area (TPSA) is 67.2 Å². The minimum absolute atomic E-state index is 0.0302. The van der Waals surface area contributed by atoms with E-state index in [9.17, 15) is 9.59 Å². The fourth-order valence-electron chi connectivity index (χ4n) is 4.84. The summed E-state index contributed by atoms with van der Waals surface area (Å²) >= 11 is 1.91. The molecule has 2 aliphatic rings. The van der Waals surface area contributed by atoms with E-state index in [0.717, 1.165) is 61.1 Å². The molecule has 4 rings (SSSR count). The number of rotatable bonds is 8. The van der Waals surface area contributed by atoms with Crippen molar-refractivity contribution in [1.29, 1.82) is 0 Å². The van der Waals surface area contributed by atoms with E-state index in [-0.39, 0.29) is 17.9 Å². The van der Waals surface area contributed by atoms with E-state index in [4.69, 9.17) is 0 Å². The third-order valence-corrected chi connectivity index (χ3v) is 7.88. The van der Waals surface area contributed by atoms with Gasteiger partial charge in [-0.05, 0) is 56.2 Å². The van der Waals surface area contributed by atoms with Crippen LogP contribution in [0.1, 0.15) is 69.4 Å². The van der Waals surface area contributed by atoms with Gasteiger partial charge in [0.15, 0.2) is 5.82 Å². The van der Waals surface area contributed by atoms with E-state index < -0.39 is 5.54 Å². The summed E-state index contributed by atoms with van der Waals surface area (Å²) in [7, 11) is 0. The fourth-order valence-corrected chi connectivity index (χ4v) is 5.66. The van der Waals surface area contributed by atoms with Gasteiger partial charge in [0.2, 0.25) is 5.91 Å². The van der Waals surface area contributed by atoms with Crippen LogP contribution in [-0.4, -0.2) is 55.9 Å². The number of aromatic nitrogens is 2. The standard InChI is InChI=1S/C24H34N4O2S/c1-3-15-31-16-9-14-28-22(29)21-26-19-12-7-8-13-20(19)27(21)17-24(28,2)23(30)25-18-10-5-4-6-11-18/h7-8,12-13,18H,3-6,9-11,14-17H2,1-2H3,(H,25,30)/t24-/m0/s1. The number of para-hydroxylation sites is 2. The molecule has 1 N–H and O–H groups in total. The van der Waals surface area contributed by atoms with Gasteiger partial charge in [-0.2, -0.15) is 11.8 Å². The number of hydrogen-bond acceptors (Lipinski definition) is 4. The van der Waals surface area contributed by atoms with Crippen molar-refractivity contribution in [2.75, 3.05) is 18.1 Å². The number of benzene rings is 1. The van der Waals surface area contributed by atoms with Crippen LogP contribution in [-0.2, 0) is 11.3 Å².